The van der Waals surface area contributed by atoms with Gasteiger partial charge in [0.2, 0.25) is 0 Å². The number of nitrogens with zero attached hydrogens (tertiary/aromatic N) is 3. The molecule has 0 aliphatic carbocycles. The van der Waals surface area contributed by atoms with Gasteiger partial charge in [-0.3, -0.25) is 4.90 Å². The highest BCUT2D eigenvalue weighted by Gasteiger charge is 2.19. The Bertz CT molecular complexity index is 772. The van der Waals surface area contributed by atoms with Crippen molar-refractivity contribution in [3.05, 3.63) is 40.2 Å². The van der Waals surface area contributed by atoms with Crippen molar-refractivity contribution in [2.24, 2.45) is 0 Å². The van der Waals surface area contributed by atoms with E-state index in [1.165, 1.54) is 5.56 Å². The van der Waals surface area contributed by atoms with Crippen LogP contribution in [0.5, 0.6) is 11.5 Å². The third-order valence-electron chi connectivity index (χ3n) is 5.11. The number of hydrogen-bond acceptors (Lipinski definition) is 6. The molecule has 1 aromatic carbocycles. The summed E-state index contributed by atoms with van der Waals surface area (Å²) < 4.78 is 16.7. The number of ether oxygens (including phenoxy) is 2. The predicted molar refractivity (Wildman–Crippen MR) is 104 cm³/mol. The first-order valence-electron chi connectivity index (χ1n) is 9.62. The zero-order valence-electron chi connectivity index (χ0n) is 15.7. The van der Waals surface area contributed by atoms with Crippen molar-refractivity contribution in [1.82, 2.24) is 15.0 Å². The summed E-state index contributed by atoms with van der Waals surface area (Å²) in [5, 5.41) is 4.74. The lowest BCUT2D eigenvalue weighted by Gasteiger charge is -2.34. The van der Waals surface area contributed by atoms with Crippen LogP contribution in [0.4, 0.5) is 0 Å². The number of fused-ring (bicyclic) bond motifs is 1. The fourth-order valence-electron chi connectivity index (χ4n) is 3.61. The highest BCUT2D eigenvalue weighted by molar-refractivity contribution is 6.32. The minimum absolute atomic E-state index is 0.650. The molecule has 1 fully saturated rings. The van der Waals surface area contributed by atoms with Crippen LogP contribution in [0.3, 0.4) is 0 Å². The lowest BCUT2D eigenvalue weighted by Crippen LogP contribution is -2.46. The molecule has 0 bridgehead atoms. The molecule has 0 unspecified atom stereocenters. The second kappa shape index (κ2) is 8.50. The van der Waals surface area contributed by atoms with E-state index in [4.69, 9.17) is 25.6 Å². The van der Waals surface area contributed by atoms with Crippen LogP contribution in [0.2, 0.25) is 5.02 Å². The van der Waals surface area contributed by atoms with Gasteiger partial charge in [0, 0.05) is 51.8 Å². The average molecular weight is 392 g/mol. The number of piperazine rings is 1. The van der Waals surface area contributed by atoms with E-state index < -0.39 is 0 Å². The molecule has 0 atom stereocenters. The molecule has 27 heavy (non-hydrogen) atoms. The van der Waals surface area contributed by atoms with Crippen molar-refractivity contribution in [1.29, 1.82) is 0 Å². The molecule has 2 aliphatic heterocycles. The maximum atomic E-state index is 6.40. The smallest absolute Gasteiger partial charge is 0.179 e. The maximum Gasteiger partial charge on any atom is 0.179 e. The van der Waals surface area contributed by atoms with E-state index in [0.717, 1.165) is 69.3 Å². The van der Waals surface area contributed by atoms with Gasteiger partial charge in [-0.05, 0) is 31.0 Å². The summed E-state index contributed by atoms with van der Waals surface area (Å²) in [6.45, 7) is 9.38. The summed E-state index contributed by atoms with van der Waals surface area (Å²) >= 11 is 6.40. The molecule has 0 N–H and O–H groups in total. The lowest BCUT2D eigenvalue weighted by molar-refractivity contribution is 0.126. The van der Waals surface area contributed by atoms with Crippen LogP contribution >= 0.6 is 11.6 Å². The van der Waals surface area contributed by atoms with Crippen LogP contribution in [-0.4, -0.2) is 60.9 Å². The van der Waals surface area contributed by atoms with Gasteiger partial charge in [-0.1, -0.05) is 16.8 Å². The normalized spacial score (nSPS) is 18.4. The summed E-state index contributed by atoms with van der Waals surface area (Å²) in [5.41, 5.74) is 2.22. The van der Waals surface area contributed by atoms with Crippen LogP contribution < -0.4 is 9.47 Å². The SMILES string of the molecule is Cc1cc(CN2CCN(CCc3cc(Cl)c4c(c3)OCCCO4)CC2)no1. The second-order valence-electron chi connectivity index (χ2n) is 7.25. The molecule has 2 aromatic rings. The Morgan fingerprint density at radius 1 is 1.04 bits per heavy atom. The predicted octanol–water partition coefficient (Wildman–Crippen LogP) is 3.16. The first-order chi connectivity index (χ1) is 13.2. The van der Waals surface area contributed by atoms with Crippen molar-refractivity contribution >= 4 is 11.6 Å². The quantitative estimate of drug-likeness (QED) is 0.780. The Morgan fingerprint density at radius 2 is 1.81 bits per heavy atom. The summed E-state index contributed by atoms with van der Waals surface area (Å²) in [6.07, 6.45) is 1.84. The average Bonchev–Trinajstić information content (AvgIpc) is 2.92. The van der Waals surface area contributed by atoms with E-state index in [1.807, 2.05) is 19.1 Å². The second-order valence-corrected chi connectivity index (χ2v) is 7.66. The van der Waals surface area contributed by atoms with Crippen molar-refractivity contribution in [3.63, 3.8) is 0 Å². The largest absolute Gasteiger partial charge is 0.489 e. The third-order valence-corrected chi connectivity index (χ3v) is 5.39. The molecular formula is C20H26ClN3O3. The van der Waals surface area contributed by atoms with E-state index in [0.29, 0.717) is 24.0 Å². The molecule has 0 radical (unpaired) electrons. The third kappa shape index (κ3) is 4.75. The van der Waals surface area contributed by atoms with Crippen LogP contribution in [0.25, 0.3) is 0 Å². The zero-order chi connectivity index (χ0) is 18.6. The van der Waals surface area contributed by atoms with Crippen molar-refractivity contribution in [3.8, 4) is 11.5 Å². The van der Waals surface area contributed by atoms with Gasteiger partial charge in [0.05, 0.1) is 23.9 Å². The monoisotopic (exact) mass is 391 g/mol. The van der Waals surface area contributed by atoms with Crippen molar-refractivity contribution < 1.29 is 14.0 Å². The number of aryl methyl sites for hydroxylation is 1. The molecular weight excluding hydrogens is 366 g/mol. The molecule has 7 heteroatoms. The molecule has 3 heterocycles. The zero-order valence-corrected chi connectivity index (χ0v) is 16.5. The number of hydrogen-bond donors (Lipinski definition) is 0. The molecule has 146 valence electrons. The molecule has 6 nitrogen and oxygen atoms in total. The Kier molecular flexibility index (Phi) is 5.86. The summed E-state index contributed by atoms with van der Waals surface area (Å²) in [4.78, 5) is 4.93. The van der Waals surface area contributed by atoms with E-state index >= 15 is 0 Å². The van der Waals surface area contributed by atoms with Gasteiger partial charge in [-0.25, -0.2) is 0 Å². The van der Waals surface area contributed by atoms with Gasteiger partial charge >= 0.3 is 0 Å². The minimum Gasteiger partial charge on any atom is -0.489 e. The summed E-state index contributed by atoms with van der Waals surface area (Å²) in [5.74, 6) is 2.34. The van der Waals surface area contributed by atoms with Gasteiger partial charge in [0.15, 0.2) is 11.5 Å². The van der Waals surface area contributed by atoms with E-state index in [2.05, 4.69) is 21.0 Å². The van der Waals surface area contributed by atoms with Crippen molar-refractivity contribution in [2.45, 2.75) is 26.3 Å². The topological polar surface area (TPSA) is 51.0 Å². The standard InChI is InChI=1S/C20H26ClN3O3/c1-15-11-17(22-27-15)14-24-7-5-23(6-8-24)4-3-16-12-18(21)20-19(13-16)25-9-2-10-26-20/h11-13H,2-10,14H2,1H3. The Labute approximate surface area is 165 Å². The van der Waals surface area contributed by atoms with E-state index in [9.17, 15) is 0 Å². The molecule has 0 amide bonds. The van der Waals surface area contributed by atoms with Crippen LogP contribution in [0.15, 0.2) is 22.7 Å². The molecule has 0 saturated carbocycles. The van der Waals surface area contributed by atoms with Gasteiger partial charge in [0.1, 0.15) is 5.76 Å². The van der Waals surface area contributed by atoms with Crippen LogP contribution in [0.1, 0.15) is 23.4 Å². The summed E-state index contributed by atoms with van der Waals surface area (Å²) in [7, 11) is 0. The highest BCUT2D eigenvalue weighted by atomic mass is 35.5. The molecule has 1 saturated heterocycles. The van der Waals surface area contributed by atoms with Crippen LogP contribution in [0, 0.1) is 6.92 Å². The number of benzene rings is 1. The highest BCUT2D eigenvalue weighted by Crippen LogP contribution is 2.38. The first-order valence-corrected chi connectivity index (χ1v) is 10.00. The van der Waals surface area contributed by atoms with Gasteiger partial charge in [0.25, 0.3) is 0 Å². The lowest BCUT2D eigenvalue weighted by atomic mass is 10.1. The maximum absolute atomic E-state index is 6.40. The number of aromatic nitrogens is 1. The Morgan fingerprint density at radius 3 is 2.59 bits per heavy atom. The Hall–Kier alpha value is -1.76. The Balaban J connectivity index is 1.27. The van der Waals surface area contributed by atoms with Gasteiger partial charge < -0.3 is 18.9 Å². The fourth-order valence-corrected chi connectivity index (χ4v) is 3.90. The molecule has 1 aromatic heterocycles. The summed E-state index contributed by atoms with van der Waals surface area (Å²) in [6, 6.07) is 6.11. The van der Waals surface area contributed by atoms with Gasteiger partial charge in [-0.15, -0.1) is 0 Å². The molecule has 4 rings (SSSR count). The van der Waals surface area contributed by atoms with E-state index in [1.54, 1.807) is 0 Å². The fraction of sp³-hybridized carbons (Fsp3) is 0.550. The molecule has 2 aliphatic rings. The number of rotatable bonds is 5. The molecule has 0 spiro atoms. The van der Waals surface area contributed by atoms with E-state index in [-0.39, 0.29) is 0 Å². The van der Waals surface area contributed by atoms with Crippen molar-refractivity contribution in [2.75, 3.05) is 45.9 Å². The van der Waals surface area contributed by atoms with Crippen LogP contribution in [-0.2, 0) is 13.0 Å². The first kappa shape index (κ1) is 18.6. The van der Waals surface area contributed by atoms with Gasteiger partial charge in [-0.2, -0.15) is 0 Å². The number of halogens is 1. The minimum atomic E-state index is 0.650.